The first-order chi connectivity index (χ1) is 10.7. The number of amides is 1. The Bertz CT molecular complexity index is 669. The van der Waals surface area contributed by atoms with Gasteiger partial charge in [0.2, 0.25) is 5.91 Å². The van der Waals surface area contributed by atoms with Gasteiger partial charge in [0, 0.05) is 12.5 Å². The van der Waals surface area contributed by atoms with Gasteiger partial charge in [-0.2, -0.15) is 4.68 Å². The molecule has 1 amide bonds. The van der Waals surface area contributed by atoms with Gasteiger partial charge in [0.15, 0.2) is 0 Å². The first kappa shape index (κ1) is 15.0. The van der Waals surface area contributed by atoms with Crippen LogP contribution in [0.1, 0.15) is 32.1 Å². The average Bonchev–Trinajstić information content (AvgIpc) is 3.18. The highest BCUT2D eigenvalue weighted by atomic mass is 32.1. The van der Waals surface area contributed by atoms with Gasteiger partial charge in [-0.1, -0.05) is 25.3 Å². The molecule has 0 bridgehead atoms. The van der Waals surface area contributed by atoms with Crippen molar-refractivity contribution < 1.29 is 9.21 Å². The molecular formula is C15H19N3O3S. The van der Waals surface area contributed by atoms with E-state index in [2.05, 4.69) is 10.4 Å². The lowest BCUT2D eigenvalue weighted by Gasteiger charge is -2.20. The molecule has 1 N–H and O–H groups in total. The van der Waals surface area contributed by atoms with E-state index in [1.165, 1.54) is 22.4 Å². The average molecular weight is 321 g/mol. The fraction of sp³-hybridized carbons (Fsp3) is 0.533. The lowest BCUT2D eigenvalue weighted by atomic mass is 9.89. The zero-order valence-electron chi connectivity index (χ0n) is 12.3. The second kappa shape index (κ2) is 6.91. The Morgan fingerprint density at radius 1 is 1.41 bits per heavy atom. The molecule has 0 radical (unpaired) electrons. The van der Waals surface area contributed by atoms with Gasteiger partial charge in [0.1, 0.15) is 0 Å². The van der Waals surface area contributed by atoms with Gasteiger partial charge in [-0.3, -0.25) is 4.79 Å². The Kier molecular flexibility index (Phi) is 4.72. The predicted octanol–water partition coefficient (Wildman–Crippen LogP) is 2.26. The molecular weight excluding hydrogens is 302 g/mol. The standard InChI is InChI=1S/C15H19N3O3S/c19-13(11-5-2-1-3-6-11)16-8-9-18-15(20)21-14(17-18)12-7-4-10-22-12/h4,7,10-11H,1-3,5-6,8-9H2,(H,16,19). The molecule has 0 atom stereocenters. The van der Waals surface area contributed by atoms with Gasteiger partial charge in [0.05, 0.1) is 11.4 Å². The number of nitrogens with zero attached hydrogens (tertiary/aromatic N) is 2. The van der Waals surface area contributed by atoms with E-state index in [-0.39, 0.29) is 11.8 Å². The maximum absolute atomic E-state index is 12.0. The molecule has 0 spiro atoms. The molecule has 6 nitrogen and oxygen atoms in total. The number of nitrogens with one attached hydrogen (secondary N) is 1. The Morgan fingerprint density at radius 2 is 2.23 bits per heavy atom. The number of thiophene rings is 1. The monoisotopic (exact) mass is 321 g/mol. The highest BCUT2D eigenvalue weighted by Gasteiger charge is 2.20. The summed E-state index contributed by atoms with van der Waals surface area (Å²) in [5.41, 5.74) is 0. The van der Waals surface area contributed by atoms with Crippen LogP contribution in [0.3, 0.4) is 0 Å². The molecule has 22 heavy (non-hydrogen) atoms. The highest BCUT2D eigenvalue weighted by molar-refractivity contribution is 7.13. The Labute approximate surface area is 132 Å². The SMILES string of the molecule is O=C(NCCn1nc(-c2cccs2)oc1=O)C1CCCCC1. The minimum Gasteiger partial charge on any atom is -0.387 e. The topological polar surface area (TPSA) is 77.1 Å². The summed E-state index contributed by atoms with van der Waals surface area (Å²) in [6.07, 6.45) is 5.43. The van der Waals surface area contributed by atoms with Crippen LogP contribution in [-0.4, -0.2) is 22.2 Å². The minimum absolute atomic E-state index is 0.0923. The van der Waals surface area contributed by atoms with Gasteiger partial charge in [-0.15, -0.1) is 16.4 Å². The number of aromatic nitrogens is 2. The molecule has 3 rings (SSSR count). The van der Waals surface area contributed by atoms with Crippen molar-refractivity contribution in [3.63, 3.8) is 0 Å². The first-order valence-electron chi connectivity index (χ1n) is 7.63. The highest BCUT2D eigenvalue weighted by Crippen LogP contribution is 2.23. The lowest BCUT2D eigenvalue weighted by molar-refractivity contribution is -0.125. The molecule has 1 aliphatic rings. The molecule has 1 fully saturated rings. The Morgan fingerprint density at radius 3 is 2.95 bits per heavy atom. The molecule has 1 aliphatic carbocycles. The van der Waals surface area contributed by atoms with Crippen molar-refractivity contribution in [2.45, 2.75) is 38.6 Å². The van der Waals surface area contributed by atoms with Crippen molar-refractivity contribution in [3.05, 3.63) is 28.1 Å². The van der Waals surface area contributed by atoms with Crippen molar-refractivity contribution in [2.75, 3.05) is 6.54 Å². The zero-order chi connectivity index (χ0) is 15.4. The number of carbonyl (C=O) groups excluding carboxylic acids is 1. The zero-order valence-corrected chi connectivity index (χ0v) is 13.1. The number of rotatable bonds is 5. The summed E-state index contributed by atoms with van der Waals surface area (Å²) < 4.78 is 6.39. The fourth-order valence-electron chi connectivity index (χ4n) is 2.74. The number of carbonyl (C=O) groups is 1. The molecule has 1 saturated carbocycles. The summed E-state index contributed by atoms with van der Waals surface area (Å²) in [7, 11) is 0. The molecule has 2 aromatic heterocycles. The lowest BCUT2D eigenvalue weighted by Crippen LogP contribution is -2.35. The van der Waals surface area contributed by atoms with Crippen LogP contribution in [0.25, 0.3) is 10.8 Å². The van der Waals surface area contributed by atoms with E-state index in [1.807, 2.05) is 17.5 Å². The summed E-state index contributed by atoms with van der Waals surface area (Å²) in [6.45, 7) is 0.720. The van der Waals surface area contributed by atoms with Crippen molar-refractivity contribution in [2.24, 2.45) is 5.92 Å². The van der Waals surface area contributed by atoms with Crippen LogP contribution in [0.4, 0.5) is 0 Å². The minimum atomic E-state index is -0.490. The third kappa shape index (κ3) is 3.47. The maximum atomic E-state index is 12.0. The van der Waals surface area contributed by atoms with Crippen molar-refractivity contribution >= 4 is 17.2 Å². The van der Waals surface area contributed by atoms with E-state index in [0.717, 1.165) is 30.6 Å². The maximum Gasteiger partial charge on any atom is 0.437 e. The van der Waals surface area contributed by atoms with Crippen LogP contribution in [-0.2, 0) is 11.3 Å². The van der Waals surface area contributed by atoms with Gasteiger partial charge in [-0.05, 0) is 24.3 Å². The smallest absolute Gasteiger partial charge is 0.387 e. The van der Waals surface area contributed by atoms with Gasteiger partial charge in [0.25, 0.3) is 5.89 Å². The van der Waals surface area contributed by atoms with Gasteiger partial charge >= 0.3 is 5.76 Å². The normalized spacial score (nSPS) is 15.8. The quantitative estimate of drug-likeness (QED) is 0.916. The van der Waals surface area contributed by atoms with E-state index in [4.69, 9.17) is 4.42 Å². The summed E-state index contributed by atoms with van der Waals surface area (Å²) >= 11 is 1.47. The van der Waals surface area contributed by atoms with E-state index in [9.17, 15) is 9.59 Å². The molecule has 2 heterocycles. The summed E-state index contributed by atoms with van der Waals surface area (Å²) in [4.78, 5) is 24.6. The molecule has 0 unspecified atom stereocenters. The van der Waals surface area contributed by atoms with Crippen LogP contribution in [0, 0.1) is 5.92 Å². The van der Waals surface area contributed by atoms with E-state index in [1.54, 1.807) is 0 Å². The van der Waals surface area contributed by atoms with E-state index >= 15 is 0 Å². The summed E-state index contributed by atoms with van der Waals surface area (Å²) in [5, 5.41) is 8.95. The van der Waals surface area contributed by atoms with E-state index in [0.29, 0.717) is 19.0 Å². The Hall–Kier alpha value is -1.89. The Balaban J connectivity index is 1.53. The van der Waals surface area contributed by atoms with Gasteiger partial charge < -0.3 is 9.73 Å². The second-order valence-electron chi connectivity index (χ2n) is 5.50. The van der Waals surface area contributed by atoms with E-state index < -0.39 is 5.76 Å². The van der Waals surface area contributed by atoms with Crippen molar-refractivity contribution in [1.82, 2.24) is 15.1 Å². The van der Waals surface area contributed by atoms with Crippen LogP contribution < -0.4 is 11.1 Å². The summed E-state index contributed by atoms with van der Waals surface area (Å²) in [5.74, 6) is 0.0631. The fourth-order valence-corrected chi connectivity index (χ4v) is 3.39. The molecule has 0 aliphatic heterocycles. The predicted molar refractivity (Wildman–Crippen MR) is 83.7 cm³/mol. The molecule has 0 saturated heterocycles. The molecule has 118 valence electrons. The molecule has 7 heteroatoms. The number of hydrogen-bond donors (Lipinski definition) is 1. The summed E-state index contributed by atoms with van der Waals surface area (Å²) in [6, 6.07) is 3.73. The molecule has 0 aromatic carbocycles. The van der Waals surface area contributed by atoms with Gasteiger partial charge in [-0.25, -0.2) is 4.79 Å². The van der Waals surface area contributed by atoms with Crippen LogP contribution in [0.5, 0.6) is 0 Å². The third-order valence-electron chi connectivity index (χ3n) is 3.94. The molecule has 2 aromatic rings. The first-order valence-corrected chi connectivity index (χ1v) is 8.51. The van der Waals surface area contributed by atoms with Crippen molar-refractivity contribution in [3.8, 4) is 10.8 Å². The van der Waals surface area contributed by atoms with Crippen LogP contribution in [0.15, 0.2) is 26.7 Å². The van der Waals surface area contributed by atoms with Crippen molar-refractivity contribution in [1.29, 1.82) is 0 Å². The largest absolute Gasteiger partial charge is 0.437 e. The second-order valence-corrected chi connectivity index (χ2v) is 6.45. The third-order valence-corrected chi connectivity index (χ3v) is 4.79. The van der Waals surface area contributed by atoms with Crippen LogP contribution in [0.2, 0.25) is 0 Å². The van der Waals surface area contributed by atoms with Crippen LogP contribution >= 0.6 is 11.3 Å². The number of hydrogen-bond acceptors (Lipinski definition) is 5.